The molecule has 0 bridgehead atoms. The van der Waals surface area contributed by atoms with Crippen LogP contribution in [-0.2, 0) is 4.79 Å². The average Bonchev–Trinajstić information content (AvgIpc) is 3.01. The van der Waals surface area contributed by atoms with E-state index in [0.717, 1.165) is 42.1 Å². The Labute approximate surface area is 145 Å². The van der Waals surface area contributed by atoms with Crippen molar-refractivity contribution in [3.05, 3.63) is 40.9 Å². The Morgan fingerprint density at radius 2 is 2.21 bits per heavy atom. The number of nitrogens with one attached hydrogen (secondary N) is 1. The van der Waals surface area contributed by atoms with Gasteiger partial charge in [-0.25, -0.2) is 4.98 Å². The second kappa shape index (κ2) is 8.06. The lowest BCUT2D eigenvalue weighted by Crippen LogP contribution is -2.22. The van der Waals surface area contributed by atoms with E-state index in [1.54, 1.807) is 12.3 Å². The van der Waals surface area contributed by atoms with Crippen molar-refractivity contribution in [3.8, 4) is 5.75 Å². The molecule has 0 amide bonds. The van der Waals surface area contributed by atoms with E-state index in [1.807, 2.05) is 30.5 Å². The minimum Gasteiger partial charge on any atom is -0.426 e. The first-order valence-electron chi connectivity index (χ1n) is 8.24. The van der Waals surface area contributed by atoms with Crippen LogP contribution >= 0.6 is 11.3 Å². The van der Waals surface area contributed by atoms with Crippen LogP contribution in [-0.4, -0.2) is 17.2 Å². The van der Waals surface area contributed by atoms with Crippen LogP contribution in [0, 0.1) is 12.8 Å². The van der Waals surface area contributed by atoms with Crippen LogP contribution in [0.1, 0.15) is 43.4 Å². The molecule has 0 saturated heterocycles. The first-order chi connectivity index (χ1) is 11.7. The van der Waals surface area contributed by atoms with E-state index in [-0.39, 0.29) is 11.9 Å². The molecule has 0 spiro atoms. The van der Waals surface area contributed by atoms with Crippen molar-refractivity contribution in [1.82, 2.24) is 4.98 Å². The number of benzene rings is 1. The van der Waals surface area contributed by atoms with E-state index in [2.05, 4.69) is 15.5 Å². The molecule has 0 aliphatic heterocycles. The molecule has 1 aromatic carbocycles. The van der Waals surface area contributed by atoms with Gasteiger partial charge in [-0.2, -0.15) is 5.10 Å². The third kappa shape index (κ3) is 4.64. The first-order valence-corrected chi connectivity index (χ1v) is 9.11. The molecule has 24 heavy (non-hydrogen) atoms. The topological polar surface area (TPSA) is 63.6 Å². The lowest BCUT2D eigenvalue weighted by Gasteiger charge is -2.19. The summed E-state index contributed by atoms with van der Waals surface area (Å²) >= 11 is 1.51. The molecule has 126 valence electrons. The minimum atomic E-state index is -0.111. The fourth-order valence-electron chi connectivity index (χ4n) is 2.76. The van der Waals surface area contributed by atoms with Gasteiger partial charge in [0.25, 0.3) is 0 Å². The minimum absolute atomic E-state index is 0.0471. The summed E-state index contributed by atoms with van der Waals surface area (Å²) in [7, 11) is 0. The maximum absolute atomic E-state index is 12.2. The molecule has 0 unspecified atom stereocenters. The number of aryl methyl sites for hydroxylation is 1. The van der Waals surface area contributed by atoms with E-state index in [9.17, 15) is 4.79 Å². The van der Waals surface area contributed by atoms with Crippen LogP contribution < -0.4 is 10.2 Å². The van der Waals surface area contributed by atoms with Gasteiger partial charge in [0, 0.05) is 5.38 Å². The van der Waals surface area contributed by atoms with Gasteiger partial charge in [-0.3, -0.25) is 10.2 Å². The summed E-state index contributed by atoms with van der Waals surface area (Å²) in [6, 6.07) is 7.39. The lowest BCUT2D eigenvalue weighted by atomic mass is 9.89. The van der Waals surface area contributed by atoms with Gasteiger partial charge >= 0.3 is 5.97 Å². The molecular weight excluding hydrogens is 322 g/mol. The largest absolute Gasteiger partial charge is 0.426 e. The number of rotatable bonds is 5. The number of nitrogens with zero attached hydrogens (tertiary/aromatic N) is 2. The highest BCUT2D eigenvalue weighted by Gasteiger charge is 2.22. The maximum Gasteiger partial charge on any atom is 0.314 e. The normalized spacial score (nSPS) is 15.5. The summed E-state index contributed by atoms with van der Waals surface area (Å²) in [6.45, 7) is 1.94. The van der Waals surface area contributed by atoms with Crippen molar-refractivity contribution < 1.29 is 9.53 Å². The molecule has 1 aliphatic carbocycles. The van der Waals surface area contributed by atoms with Crippen molar-refractivity contribution >= 4 is 28.7 Å². The van der Waals surface area contributed by atoms with Gasteiger partial charge in [0.1, 0.15) is 5.75 Å². The second-order valence-corrected chi connectivity index (χ2v) is 6.85. The zero-order valence-corrected chi connectivity index (χ0v) is 14.5. The summed E-state index contributed by atoms with van der Waals surface area (Å²) in [6.07, 6.45) is 7.03. The number of anilines is 1. The standard InChI is InChI=1S/C18H21N3O2S/c1-13-12-24-18(20-13)21-19-11-14-6-5-9-16(10-14)23-17(22)15-7-3-2-4-8-15/h5-6,9-12,15H,2-4,7-8H2,1H3,(H,20,21). The summed E-state index contributed by atoms with van der Waals surface area (Å²) < 4.78 is 5.53. The highest BCUT2D eigenvalue weighted by atomic mass is 32.1. The van der Waals surface area contributed by atoms with Crippen molar-refractivity contribution in [2.24, 2.45) is 11.0 Å². The number of ether oxygens (including phenoxy) is 1. The lowest BCUT2D eigenvalue weighted by molar-refractivity contribution is -0.139. The molecule has 2 aromatic rings. The van der Waals surface area contributed by atoms with E-state index >= 15 is 0 Å². The third-order valence-corrected chi connectivity index (χ3v) is 4.87. The predicted octanol–water partition coefficient (Wildman–Crippen LogP) is 4.38. The molecule has 6 heteroatoms. The third-order valence-electron chi connectivity index (χ3n) is 4.01. The molecule has 1 N–H and O–H groups in total. The molecule has 0 atom stereocenters. The summed E-state index contributed by atoms with van der Waals surface area (Å²) in [4.78, 5) is 16.5. The number of hydrogen-bond acceptors (Lipinski definition) is 6. The number of hydrogen-bond donors (Lipinski definition) is 1. The monoisotopic (exact) mass is 343 g/mol. The molecule has 0 radical (unpaired) electrons. The van der Waals surface area contributed by atoms with E-state index in [0.29, 0.717) is 5.75 Å². The molecule has 1 fully saturated rings. The number of carbonyl (C=O) groups is 1. The van der Waals surface area contributed by atoms with Crippen LogP contribution in [0.25, 0.3) is 0 Å². The van der Waals surface area contributed by atoms with Crippen molar-refractivity contribution in [1.29, 1.82) is 0 Å². The van der Waals surface area contributed by atoms with Crippen molar-refractivity contribution in [2.45, 2.75) is 39.0 Å². The quantitative estimate of drug-likeness (QED) is 0.379. The van der Waals surface area contributed by atoms with E-state index in [1.165, 1.54) is 17.8 Å². The van der Waals surface area contributed by atoms with E-state index in [4.69, 9.17) is 4.74 Å². The summed E-state index contributed by atoms with van der Waals surface area (Å²) in [5.41, 5.74) is 4.73. The molecule has 1 heterocycles. The van der Waals surface area contributed by atoms with Crippen LogP contribution in [0.5, 0.6) is 5.75 Å². The van der Waals surface area contributed by atoms with Gasteiger partial charge in [0.2, 0.25) is 5.13 Å². The van der Waals surface area contributed by atoms with Crippen LogP contribution in [0.15, 0.2) is 34.7 Å². The molecule has 3 rings (SSSR count). The zero-order valence-electron chi connectivity index (χ0n) is 13.7. The fraction of sp³-hybridized carbons (Fsp3) is 0.389. The van der Waals surface area contributed by atoms with Gasteiger partial charge < -0.3 is 4.74 Å². The first kappa shape index (κ1) is 16.6. The smallest absolute Gasteiger partial charge is 0.314 e. The number of esters is 1. The molecule has 1 saturated carbocycles. The maximum atomic E-state index is 12.2. The number of hydrazone groups is 1. The number of aromatic nitrogens is 1. The highest BCUT2D eigenvalue weighted by Crippen LogP contribution is 2.25. The number of thiazole rings is 1. The van der Waals surface area contributed by atoms with Crippen LogP contribution in [0.2, 0.25) is 0 Å². The number of carbonyl (C=O) groups excluding carboxylic acids is 1. The van der Waals surface area contributed by atoms with Gasteiger partial charge in [-0.15, -0.1) is 11.3 Å². The Bertz CT molecular complexity index is 721. The Morgan fingerprint density at radius 1 is 1.38 bits per heavy atom. The Kier molecular flexibility index (Phi) is 5.59. The highest BCUT2D eigenvalue weighted by molar-refractivity contribution is 7.13. The second-order valence-electron chi connectivity index (χ2n) is 5.99. The van der Waals surface area contributed by atoms with Crippen LogP contribution in [0.3, 0.4) is 0 Å². The zero-order chi connectivity index (χ0) is 16.8. The fourth-order valence-corrected chi connectivity index (χ4v) is 3.40. The average molecular weight is 343 g/mol. The SMILES string of the molecule is Cc1csc(NN=Cc2cccc(OC(=O)C3CCCCC3)c2)n1. The molecular formula is C18H21N3O2S. The Morgan fingerprint density at radius 3 is 2.96 bits per heavy atom. The molecule has 1 aromatic heterocycles. The Balaban J connectivity index is 1.58. The van der Waals surface area contributed by atoms with Gasteiger partial charge in [-0.05, 0) is 37.5 Å². The Hall–Kier alpha value is -2.21. The van der Waals surface area contributed by atoms with Gasteiger partial charge in [0.05, 0.1) is 17.8 Å². The van der Waals surface area contributed by atoms with Crippen molar-refractivity contribution in [3.63, 3.8) is 0 Å². The molecule has 5 nitrogen and oxygen atoms in total. The van der Waals surface area contributed by atoms with E-state index < -0.39 is 0 Å². The predicted molar refractivity (Wildman–Crippen MR) is 96.7 cm³/mol. The van der Waals surface area contributed by atoms with Crippen molar-refractivity contribution in [2.75, 3.05) is 5.43 Å². The van der Waals surface area contributed by atoms with Gasteiger partial charge in [-0.1, -0.05) is 31.4 Å². The van der Waals surface area contributed by atoms with Gasteiger partial charge in [0.15, 0.2) is 0 Å². The summed E-state index contributed by atoms with van der Waals surface area (Å²) in [5, 5.41) is 6.88. The summed E-state index contributed by atoms with van der Waals surface area (Å²) in [5.74, 6) is 0.505. The molecule has 1 aliphatic rings. The van der Waals surface area contributed by atoms with Crippen LogP contribution in [0.4, 0.5) is 5.13 Å².